The van der Waals surface area contributed by atoms with Crippen molar-refractivity contribution in [2.45, 2.75) is 50.6 Å². The Balaban J connectivity index is 0.000000396. The van der Waals surface area contributed by atoms with Crippen molar-refractivity contribution in [1.82, 2.24) is 10.2 Å². The molecule has 2 heterocycles. The molecule has 0 aromatic heterocycles. The molecule has 8 heteroatoms. The molecule has 1 fully saturated rings. The molecular formula is C29H30Cl2FN3O2. The minimum Gasteiger partial charge on any atom is -0.333 e. The van der Waals surface area contributed by atoms with E-state index in [1.54, 1.807) is 29.2 Å². The van der Waals surface area contributed by atoms with Crippen LogP contribution in [-0.2, 0) is 10.2 Å². The second-order valence-electron chi connectivity index (χ2n) is 10.3. The number of anilines is 1. The molecule has 0 saturated carbocycles. The Hall–Kier alpha value is -3.09. The maximum absolute atomic E-state index is 14.2. The lowest BCUT2D eigenvalue weighted by Crippen LogP contribution is -2.58. The van der Waals surface area contributed by atoms with Gasteiger partial charge in [0, 0.05) is 27.8 Å². The van der Waals surface area contributed by atoms with Gasteiger partial charge in [0.15, 0.2) is 0 Å². The highest BCUT2D eigenvalue weighted by molar-refractivity contribution is 6.31. The van der Waals surface area contributed by atoms with Gasteiger partial charge in [0.05, 0.1) is 6.04 Å². The lowest BCUT2D eigenvalue weighted by Gasteiger charge is -2.47. The van der Waals surface area contributed by atoms with Gasteiger partial charge < -0.3 is 15.5 Å². The third-order valence-corrected chi connectivity index (χ3v) is 6.99. The number of carbonyl (C=O) groups excluding carboxylic acids is 2. The van der Waals surface area contributed by atoms with Crippen molar-refractivity contribution in [2.24, 2.45) is 0 Å². The summed E-state index contributed by atoms with van der Waals surface area (Å²) in [5, 5.41) is 7.26. The number of halogens is 3. The first-order valence-corrected chi connectivity index (χ1v) is 12.9. The normalized spacial score (nSPS) is 20.5. The third kappa shape index (κ3) is 5.76. The number of hydrogen-bond acceptors (Lipinski definition) is 2. The third-order valence-electron chi connectivity index (χ3n) is 6.50. The summed E-state index contributed by atoms with van der Waals surface area (Å²) in [5.74, 6) is -0.596. The molecule has 0 radical (unpaired) electrons. The number of fused-ring (bicyclic) bond motifs is 2. The molecule has 3 amide bonds. The van der Waals surface area contributed by atoms with Gasteiger partial charge in [-0.15, -0.1) is 0 Å². The van der Waals surface area contributed by atoms with Gasteiger partial charge in [0.25, 0.3) is 0 Å². The number of amides is 3. The Morgan fingerprint density at radius 2 is 1.76 bits per heavy atom. The monoisotopic (exact) mass is 541 g/mol. The molecule has 5 nitrogen and oxygen atoms in total. The molecule has 2 atom stereocenters. The highest BCUT2D eigenvalue weighted by Gasteiger charge is 2.57. The van der Waals surface area contributed by atoms with E-state index in [4.69, 9.17) is 23.2 Å². The van der Waals surface area contributed by atoms with Crippen molar-refractivity contribution in [1.29, 1.82) is 0 Å². The van der Waals surface area contributed by atoms with Crippen LogP contribution in [0.15, 0.2) is 72.8 Å². The van der Waals surface area contributed by atoms with E-state index < -0.39 is 22.8 Å². The minimum absolute atomic E-state index is 0.192. The predicted molar refractivity (Wildman–Crippen MR) is 147 cm³/mol. The number of hydrogen-bond donors (Lipinski definition) is 2. The standard InChI is InChI=1S/C23H25ClFN3O2.C6H5Cl/c1-22(2,3)27-21(30)28-11-5-10-23(19(28)14-6-4-7-16(25)12-14)17-9-8-15(24)13-18(17)26-20(23)29;7-6-4-2-1-3-5-6/h4,6-9,12-13,19H,5,10-11H2,1-3H3,(H,26,29)(H,27,30);1-5H/t19-,23?;/m1./s1. The van der Waals surface area contributed by atoms with Crippen LogP contribution in [0, 0.1) is 5.82 Å². The van der Waals surface area contributed by atoms with Gasteiger partial charge in [-0.05, 0) is 81.1 Å². The summed E-state index contributed by atoms with van der Waals surface area (Å²) < 4.78 is 14.2. The molecule has 3 aromatic rings. The molecule has 37 heavy (non-hydrogen) atoms. The summed E-state index contributed by atoms with van der Waals surface area (Å²) in [5.41, 5.74) is 0.571. The molecule has 3 aromatic carbocycles. The maximum Gasteiger partial charge on any atom is 0.318 e. The van der Waals surface area contributed by atoms with Gasteiger partial charge in [-0.1, -0.05) is 59.6 Å². The summed E-state index contributed by atoms with van der Waals surface area (Å²) in [7, 11) is 0. The lowest BCUT2D eigenvalue weighted by molar-refractivity contribution is -0.124. The van der Waals surface area contributed by atoms with E-state index >= 15 is 0 Å². The van der Waals surface area contributed by atoms with E-state index in [0.29, 0.717) is 35.7 Å². The van der Waals surface area contributed by atoms with E-state index in [2.05, 4.69) is 10.6 Å². The quantitative estimate of drug-likeness (QED) is 0.338. The highest BCUT2D eigenvalue weighted by Crippen LogP contribution is 2.54. The average molecular weight is 542 g/mol. The van der Waals surface area contributed by atoms with Crippen LogP contribution in [-0.4, -0.2) is 28.9 Å². The van der Waals surface area contributed by atoms with E-state index in [0.717, 1.165) is 10.6 Å². The first-order valence-electron chi connectivity index (χ1n) is 12.2. The van der Waals surface area contributed by atoms with Crippen molar-refractivity contribution >= 4 is 40.8 Å². The molecular weight excluding hydrogens is 512 g/mol. The molecule has 0 bridgehead atoms. The lowest BCUT2D eigenvalue weighted by atomic mass is 9.67. The van der Waals surface area contributed by atoms with E-state index in [1.807, 2.05) is 57.2 Å². The van der Waals surface area contributed by atoms with Crippen molar-refractivity contribution in [3.05, 3.63) is 99.8 Å². The van der Waals surface area contributed by atoms with Crippen molar-refractivity contribution in [3.8, 4) is 0 Å². The molecule has 1 saturated heterocycles. The summed E-state index contributed by atoms with van der Waals surface area (Å²) >= 11 is 11.7. The van der Waals surface area contributed by atoms with E-state index in [9.17, 15) is 14.0 Å². The number of piperidine rings is 1. The first kappa shape index (κ1) is 27.0. The Morgan fingerprint density at radius 3 is 2.38 bits per heavy atom. The van der Waals surface area contributed by atoms with E-state index in [1.165, 1.54) is 12.1 Å². The first-order chi connectivity index (χ1) is 17.5. The minimum atomic E-state index is -1.01. The second kappa shape index (κ2) is 10.7. The molecule has 2 aliphatic heterocycles. The molecule has 2 aliphatic rings. The number of likely N-dealkylation sites (tertiary alicyclic amines) is 1. The van der Waals surface area contributed by atoms with Gasteiger partial charge in [-0.3, -0.25) is 4.79 Å². The number of nitrogens with zero attached hydrogens (tertiary/aromatic N) is 1. The second-order valence-corrected chi connectivity index (χ2v) is 11.2. The fourth-order valence-corrected chi connectivity index (χ4v) is 5.43. The van der Waals surface area contributed by atoms with Crippen LogP contribution in [0.1, 0.15) is 50.8 Å². The van der Waals surface area contributed by atoms with Gasteiger partial charge in [0.2, 0.25) is 5.91 Å². The van der Waals surface area contributed by atoms with Crippen molar-refractivity contribution < 1.29 is 14.0 Å². The largest absolute Gasteiger partial charge is 0.333 e. The molecule has 1 spiro atoms. The number of carbonyl (C=O) groups is 2. The van der Waals surface area contributed by atoms with Crippen LogP contribution < -0.4 is 10.6 Å². The smallest absolute Gasteiger partial charge is 0.318 e. The number of rotatable bonds is 1. The van der Waals surface area contributed by atoms with Crippen molar-refractivity contribution in [3.63, 3.8) is 0 Å². The van der Waals surface area contributed by atoms with Crippen LogP contribution >= 0.6 is 23.2 Å². The summed E-state index contributed by atoms with van der Waals surface area (Å²) in [6, 6.07) is 20.0. The van der Waals surface area contributed by atoms with Crippen LogP contribution in [0.3, 0.4) is 0 Å². The molecule has 5 rings (SSSR count). The SMILES string of the molecule is CC(C)(C)NC(=O)N1CCCC2(C(=O)Nc3cc(Cl)ccc32)[C@H]1c1cccc(F)c1.Clc1ccccc1. The Bertz CT molecular complexity index is 1300. The van der Waals surface area contributed by atoms with Gasteiger partial charge in [-0.25, -0.2) is 9.18 Å². The van der Waals surface area contributed by atoms with E-state index in [-0.39, 0.29) is 11.9 Å². The molecule has 0 aliphatic carbocycles. The molecule has 194 valence electrons. The van der Waals surface area contributed by atoms with Gasteiger partial charge >= 0.3 is 6.03 Å². The van der Waals surface area contributed by atoms with Crippen LogP contribution in [0.5, 0.6) is 0 Å². The molecule has 1 unspecified atom stereocenters. The summed E-state index contributed by atoms with van der Waals surface area (Å²) in [4.78, 5) is 28.4. The zero-order chi connectivity index (χ0) is 26.8. The summed E-state index contributed by atoms with van der Waals surface area (Å²) in [6.07, 6.45) is 1.20. The maximum atomic E-state index is 14.2. The predicted octanol–water partition coefficient (Wildman–Crippen LogP) is 7.35. The average Bonchev–Trinajstić information content (AvgIpc) is 3.09. The van der Waals surface area contributed by atoms with Gasteiger partial charge in [0.1, 0.15) is 11.2 Å². The topological polar surface area (TPSA) is 61.4 Å². The number of urea groups is 1. The Morgan fingerprint density at radius 1 is 1.03 bits per heavy atom. The van der Waals surface area contributed by atoms with Crippen LogP contribution in [0.25, 0.3) is 0 Å². The van der Waals surface area contributed by atoms with Crippen molar-refractivity contribution in [2.75, 3.05) is 11.9 Å². The number of nitrogens with one attached hydrogen (secondary N) is 2. The van der Waals surface area contributed by atoms with Crippen LogP contribution in [0.2, 0.25) is 10.0 Å². The summed E-state index contributed by atoms with van der Waals surface area (Å²) in [6.45, 7) is 6.19. The van der Waals surface area contributed by atoms with Crippen LogP contribution in [0.4, 0.5) is 14.9 Å². The fraction of sp³-hybridized carbons (Fsp3) is 0.310. The molecule has 2 N–H and O–H groups in total. The number of benzene rings is 3. The zero-order valence-electron chi connectivity index (χ0n) is 21.0. The van der Waals surface area contributed by atoms with Gasteiger partial charge in [-0.2, -0.15) is 0 Å². The highest BCUT2D eigenvalue weighted by atomic mass is 35.5. The fourth-order valence-electron chi connectivity index (χ4n) is 5.11. The Kier molecular flexibility index (Phi) is 7.81. The zero-order valence-corrected chi connectivity index (χ0v) is 22.5. The Labute approximate surface area is 227 Å².